The van der Waals surface area contributed by atoms with Crippen molar-refractivity contribution in [1.29, 1.82) is 0 Å². The van der Waals surface area contributed by atoms with E-state index in [9.17, 15) is 13.2 Å². The first-order valence-electron chi connectivity index (χ1n) is 7.29. The Balaban J connectivity index is 2.25. The van der Waals surface area contributed by atoms with Crippen LogP contribution < -0.4 is 0 Å². The largest absolute Gasteiger partial charge is 0.336 e. The van der Waals surface area contributed by atoms with Crippen LogP contribution in [0.1, 0.15) is 38.7 Å². The second kappa shape index (κ2) is 5.79. The van der Waals surface area contributed by atoms with Crippen molar-refractivity contribution in [2.75, 3.05) is 6.26 Å². The summed E-state index contributed by atoms with van der Waals surface area (Å²) in [5.74, 6) is -0.0205. The van der Waals surface area contributed by atoms with Gasteiger partial charge in [0.15, 0.2) is 9.84 Å². The lowest BCUT2D eigenvalue weighted by molar-refractivity contribution is -0.132. The lowest BCUT2D eigenvalue weighted by Crippen LogP contribution is -2.46. The fourth-order valence-electron chi connectivity index (χ4n) is 3.20. The van der Waals surface area contributed by atoms with Crippen molar-refractivity contribution in [2.24, 2.45) is 0 Å². The molecule has 0 aliphatic carbocycles. The summed E-state index contributed by atoms with van der Waals surface area (Å²) in [5.41, 5.74) is 1.21. The van der Waals surface area contributed by atoms with Crippen LogP contribution in [0.4, 0.5) is 0 Å². The van der Waals surface area contributed by atoms with Gasteiger partial charge in [-0.15, -0.1) is 0 Å². The topological polar surface area (TPSA) is 54.5 Å². The number of carbonyl (C=O) groups excluding carboxylic acids is 1. The predicted molar refractivity (Wildman–Crippen MR) is 83.9 cm³/mol. The van der Waals surface area contributed by atoms with Crippen LogP contribution in [0.3, 0.4) is 0 Å². The van der Waals surface area contributed by atoms with E-state index in [0.717, 1.165) is 12.7 Å². The minimum absolute atomic E-state index is 0.0131. The molecule has 1 aromatic carbocycles. The summed E-state index contributed by atoms with van der Waals surface area (Å²) in [6.07, 6.45) is 1.99. The zero-order valence-corrected chi connectivity index (χ0v) is 13.8. The van der Waals surface area contributed by atoms with Crippen molar-refractivity contribution in [1.82, 2.24) is 4.90 Å². The van der Waals surface area contributed by atoms with Crippen LogP contribution in [0.5, 0.6) is 0 Å². The van der Waals surface area contributed by atoms with Gasteiger partial charge in [0.1, 0.15) is 5.25 Å². The molecule has 0 N–H and O–H groups in total. The van der Waals surface area contributed by atoms with Crippen LogP contribution in [0.2, 0.25) is 0 Å². The van der Waals surface area contributed by atoms with E-state index >= 15 is 0 Å². The summed E-state index contributed by atoms with van der Waals surface area (Å²) < 4.78 is 23.3. The minimum Gasteiger partial charge on any atom is -0.336 e. The molecule has 0 radical (unpaired) electrons. The lowest BCUT2D eigenvalue weighted by atomic mass is 9.92. The third-order valence-corrected chi connectivity index (χ3v) is 6.05. The van der Waals surface area contributed by atoms with Crippen LogP contribution in [-0.4, -0.2) is 42.8 Å². The summed E-state index contributed by atoms with van der Waals surface area (Å²) in [6.45, 7) is 5.48. The van der Waals surface area contributed by atoms with E-state index in [2.05, 4.69) is 12.1 Å². The van der Waals surface area contributed by atoms with E-state index in [1.54, 1.807) is 4.90 Å². The smallest absolute Gasteiger partial charge is 0.241 e. The first-order valence-corrected chi connectivity index (χ1v) is 9.25. The SMILES string of the molecule is C[C@@H]1C[C@H](c2ccccc2)[C@@H](C)N1C(=O)[C@@H](C)S(C)(=O)=O. The maximum absolute atomic E-state index is 12.5. The Kier molecular flexibility index (Phi) is 4.42. The monoisotopic (exact) mass is 309 g/mol. The van der Waals surface area contributed by atoms with Crippen molar-refractivity contribution in [3.05, 3.63) is 35.9 Å². The second-order valence-corrected chi connectivity index (χ2v) is 8.43. The number of sulfone groups is 1. The Hall–Kier alpha value is -1.36. The maximum atomic E-state index is 12.5. The molecule has 1 aliphatic rings. The Morgan fingerprint density at radius 3 is 2.33 bits per heavy atom. The molecule has 0 unspecified atom stereocenters. The van der Waals surface area contributed by atoms with E-state index in [4.69, 9.17) is 0 Å². The lowest BCUT2D eigenvalue weighted by Gasteiger charge is -2.30. The third-order valence-electron chi connectivity index (χ3n) is 4.56. The molecule has 5 heteroatoms. The fourth-order valence-corrected chi connectivity index (χ4v) is 3.69. The third kappa shape index (κ3) is 3.12. The van der Waals surface area contributed by atoms with Gasteiger partial charge in [0.25, 0.3) is 0 Å². The van der Waals surface area contributed by atoms with Crippen LogP contribution in [0.25, 0.3) is 0 Å². The normalized spacial score (nSPS) is 27.6. The average molecular weight is 309 g/mol. The zero-order chi connectivity index (χ0) is 15.8. The Morgan fingerprint density at radius 1 is 1.24 bits per heavy atom. The van der Waals surface area contributed by atoms with Gasteiger partial charge in [-0.2, -0.15) is 0 Å². The molecule has 1 aromatic rings. The highest BCUT2D eigenvalue weighted by atomic mass is 32.2. The highest BCUT2D eigenvalue weighted by Crippen LogP contribution is 2.37. The molecule has 4 nitrogen and oxygen atoms in total. The van der Waals surface area contributed by atoms with Gasteiger partial charge in [-0.1, -0.05) is 30.3 Å². The first-order chi connectivity index (χ1) is 9.73. The molecule has 4 atom stereocenters. The molecule has 116 valence electrons. The highest BCUT2D eigenvalue weighted by molar-refractivity contribution is 7.92. The van der Waals surface area contributed by atoms with Crippen molar-refractivity contribution in [3.63, 3.8) is 0 Å². The van der Waals surface area contributed by atoms with Gasteiger partial charge in [0.2, 0.25) is 5.91 Å². The second-order valence-electron chi connectivity index (χ2n) is 6.06. The first kappa shape index (κ1) is 16.0. The molecule has 0 spiro atoms. The van der Waals surface area contributed by atoms with Gasteiger partial charge in [-0.3, -0.25) is 4.79 Å². The van der Waals surface area contributed by atoms with Crippen LogP contribution in [-0.2, 0) is 14.6 Å². The van der Waals surface area contributed by atoms with Crippen molar-refractivity contribution in [3.8, 4) is 0 Å². The average Bonchev–Trinajstić information content (AvgIpc) is 2.72. The summed E-state index contributed by atoms with van der Waals surface area (Å²) in [7, 11) is -3.36. The van der Waals surface area contributed by atoms with E-state index in [0.29, 0.717) is 0 Å². The molecular weight excluding hydrogens is 286 g/mol. The number of likely N-dealkylation sites (tertiary alicyclic amines) is 1. The number of nitrogens with zero attached hydrogens (tertiary/aromatic N) is 1. The molecule has 0 aromatic heterocycles. The van der Waals surface area contributed by atoms with Crippen LogP contribution >= 0.6 is 0 Å². The van der Waals surface area contributed by atoms with E-state index in [1.807, 2.05) is 32.0 Å². The Morgan fingerprint density at radius 2 is 1.81 bits per heavy atom. The van der Waals surface area contributed by atoms with Gasteiger partial charge in [-0.25, -0.2) is 8.42 Å². The Bertz CT molecular complexity index is 612. The van der Waals surface area contributed by atoms with Gasteiger partial charge in [-0.05, 0) is 32.8 Å². The fraction of sp³-hybridized carbons (Fsp3) is 0.562. The van der Waals surface area contributed by atoms with E-state index < -0.39 is 15.1 Å². The molecule has 1 amide bonds. The molecule has 1 saturated heterocycles. The number of carbonyl (C=O) groups is 1. The summed E-state index contributed by atoms with van der Waals surface area (Å²) in [6, 6.07) is 10.2. The molecule has 21 heavy (non-hydrogen) atoms. The van der Waals surface area contributed by atoms with Crippen molar-refractivity contribution in [2.45, 2.75) is 50.4 Å². The van der Waals surface area contributed by atoms with Crippen molar-refractivity contribution >= 4 is 15.7 Å². The van der Waals surface area contributed by atoms with Gasteiger partial charge in [0.05, 0.1) is 0 Å². The zero-order valence-electron chi connectivity index (χ0n) is 13.0. The number of benzene rings is 1. The molecule has 1 heterocycles. The number of rotatable bonds is 3. The molecule has 0 bridgehead atoms. The molecule has 1 aliphatic heterocycles. The van der Waals surface area contributed by atoms with Crippen LogP contribution in [0, 0.1) is 0 Å². The molecule has 2 rings (SSSR count). The predicted octanol–water partition coefficient (Wildman–Crippen LogP) is 2.21. The van der Waals surface area contributed by atoms with E-state index in [-0.39, 0.29) is 23.9 Å². The molecule has 0 saturated carbocycles. The van der Waals surface area contributed by atoms with Crippen LogP contribution in [0.15, 0.2) is 30.3 Å². The number of amides is 1. The quantitative estimate of drug-likeness (QED) is 0.860. The Labute approximate surface area is 127 Å². The number of hydrogen-bond acceptors (Lipinski definition) is 3. The summed E-state index contributed by atoms with van der Waals surface area (Å²) in [5, 5.41) is -0.975. The van der Waals surface area contributed by atoms with Gasteiger partial charge >= 0.3 is 0 Å². The standard InChI is InChI=1S/C16H23NO3S/c1-11-10-15(14-8-6-5-7-9-14)12(2)17(11)16(18)13(3)21(4,19)20/h5-9,11-13,15H,10H2,1-4H3/t11-,12-,13-,15+/m1/s1. The minimum atomic E-state index is -3.36. The number of hydrogen-bond donors (Lipinski definition) is 0. The summed E-state index contributed by atoms with van der Waals surface area (Å²) >= 11 is 0. The summed E-state index contributed by atoms with van der Waals surface area (Å²) in [4.78, 5) is 14.3. The molecular formula is C16H23NO3S. The maximum Gasteiger partial charge on any atom is 0.241 e. The molecule has 1 fully saturated rings. The van der Waals surface area contributed by atoms with Crippen molar-refractivity contribution < 1.29 is 13.2 Å². The van der Waals surface area contributed by atoms with Gasteiger partial charge in [0, 0.05) is 24.3 Å². The van der Waals surface area contributed by atoms with Gasteiger partial charge < -0.3 is 4.90 Å². The van der Waals surface area contributed by atoms with E-state index in [1.165, 1.54) is 12.5 Å². The highest BCUT2D eigenvalue weighted by Gasteiger charge is 2.42.